The second-order valence-electron chi connectivity index (χ2n) is 7.34. The summed E-state index contributed by atoms with van der Waals surface area (Å²) in [5.41, 5.74) is 2.44. The lowest BCUT2D eigenvalue weighted by molar-refractivity contribution is -0.122. The zero-order chi connectivity index (χ0) is 17.6. The second-order valence-corrected chi connectivity index (χ2v) is 7.34. The molecule has 134 valence electrons. The molecule has 3 rings (SSSR count). The lowest BCUT2D eigenvalue weighted by Crippen LogP contribution is -2.36. The fraction of sp³-hybridized carbons (Fsp3) is 0.500. The highest BCUT2D eigenvalue weighted by Gasteiger charge is 2.25. The van der Waals surface area contributed by atoms with Crippen LogP contribution in [0, 0.1) is 5.92 Å². The van der Waals surface area contributed by atoms with Crippen LogP contribution < -0.4 is 5.32 Å². The molecule has 0 unspecified atom stereocenters. The zero-order valence-corrected chi connectivity index (χ0v) is 15.2. The second kappa shape index (κ2) is 8.30. The fourth-order valence-corrected chi connectivity index (χ4v) is 3.47. The predicted molar refractivity (Wildman–Crippen MR) is 99.2 cm³/mol. The molecule has 1 aromatic carbocycles. The molecule has 25 heavy (non-hydrogen) atoms. The van der Waals surface area contributed by atoms with E-state index in [9.17, 15) is 4.79 Å². The number of hydrogen-bond acceptors (Lipinski definition) is 3. The van der Waals surface area contributed by atoms with Gasteiger partial charge in [0.1, 0.15) is 0 Å². The molecule has 0 aliphatic carbocycles. The summed E-state index contributed by atoms with van der Waals surface area (Å²) in [6.07, 6.45) is 4.80. The Bertz CT molecular complexity index is 680. The number of imidazole rings is 1. The van der Waals surface area contributed by atoms with Crippen LogP contribution in [0.1, 0.15) is 37.4 Å². The number of carbonyl (C=O) groups is 1. The molecular formula is C20H28N4O. The minimum absolute atomic E-state index is 0.0889. The van der Waals surface area contributed by atoms with Crippen molar-refractivity contribution in [3.8, 4) is 0 Å². The first-order valence-electron chi connectivity index (χ1n) is 9.15. The van der Waals surface area contributed by atoms with E-state index >= 15 is 0 Å². The molecule has 0 spiro atoms. The third-order valence-corrected chi connectivity index (χ3v) is 4.74. The van der Waals surface area contributed by atoms with Crippen molar-refractivity contribution in [2.45, 2.75) is 39.3 Å². The molecule has 1 saturated heterocycles. The van der Waals surface area contributed by atoms with Crippen molar-refractivity contribution < 1.29 is 4.79 Å². The Morgan fingerprint density at radius 3 is 2.88 bits per heavy atom. The monoisotopic (exact) mass is 340 g/mol. The Kier molecular flexibility index (Phi) is 5.87. The van der Waals surface area contributed by atoms with E-state index in [4.69, 9.17) is 0 Å². The number of aromatic nitrogens is 2. The summed E-state index contributed by atoms with van der Waals surface area (Å²) >= 11 is 0. The van der Waals surface area contributed by atoms with Gasteiger partial charge in [0, 0.05) is 19.3 Å². The van der Waals surface area contributed by atoms with Gasteiger partial charge in [-0.1, -0.05) is 44.2 Å². The number of hydrogen-bond donors (Lipinski definition) is 1. The SMILES string of the molecule is CC(C)Cn1cncc1CNC(=O)CN1CC[C@@H](c2ccccc2)C1. The van der Waals surface area contributed by atoms with Gasteiger partial charge in [-0.3, -0.25) is 9.69 Å². The highest BCUT2D eigenvalue weighted by Crippen LogP contribution is 2.26. The molecule has 0 radical (unpaired) electrons. The van der Waals surface area contributed by atoms with Gasteiger partial charge < -0.3 is 9.88 Å². The van der Waals surface area contributed by atoms with E-state index in [-0.39, 0.29) is 5.91 Å². The normalized spacial score (nSPS) is 18.0. The van der Waals surface area contributed by atoms with Crippen LogP contribution in [-0.2, 0) is 17.9 Å². The largest absolute Gasteiger partial charge is 0.349 e. The number of nitrogens with one attached hydrogen (secondary N) is 1. The van der Waals surface area contributed by atoms with Crippen molar-refractivity contribution in [2.24, 2.45) is 5.92 Å². The first-order chi connectivity index (χ1) is 12.1. The molecule has 2 aromatic rings. The van der Waals surface area contributed by atoms with Crippen LogP contribution in [0.15, 0.2) is 42.9 Å². The molecule has 1 aromatic heterocycles. The van der Waals surface area contributed by atoms with Gasteiger partial charge in [-0.2, -0.15) is 0 Å². The molecule has 5 heteroatoms. The molecule has 2 heterocycles. The minimum Gasteiger partial charge on any atom is -0.349 e. The Morgan fingerprint density at radius 1 is 1.32 bits per heavy atom. The summed E-state index contributed by atoms with van der Waals surface area (Å²) in [4.78, 5) is 18.7. The van der Waals surface area contributed by atoms with Gasteiger partial charge in [0.05, 0.1) is 25.1 Å². The third kappa shape index (κ3) is 4.92. The summed E-state index contributed by atoms with van der Waals surface area (Å²) < 4.78 is 2.12. The molecular weight excluding hydrogens is 312 g/mol. The number of likely N-dealkylation sites (tertiary alicyclic amines) is 1. The lowest BCUT2D eigenvalue weighted by atomic mass is 9.99. The van der Waals surface area contributed by atoms with Crippen molar-refractivity contribution >= 4 is 5.91 Å². The van der Waals surface area contributed by atoms with Crippen LogP contribution in [-0.4, -0.2) is 40.0 Å². The molecule has 1 aliphatic heterocycles. The summed E-state index contributed by atoms with van der Waals surface area (Å²) in [6, 6.07) is 10.6. The molecule has 0 saturated carbocycles. The molecule has 1 N–H and O–H groups in total. The van der Waals surface area contributed by atoms with Crippen molar-refractivity contribution in [3.05, 3.63) is 54.1 Å². The topological polar surface area (TPSA) is 50.2 Å². The summed E-state index contributed by atoms with van der Waals surface area (Å²) in [5.74, 6) is 1.19. The van der Waals surface area contributed by atoms with E-state index in [1.165, 1.54) is 5.56 Å². The number of nitrogens with zero attached hydrogens (tertiary/aromatic N) is 3. The van der Waals surface area contributed by atoms with Gasteiger partial charge in [-0.05, 0) is 30.4 Å². The Labute approximate surface area is 150 Å². The first-order valence-corrected chi connectivity index (χ1v) is 9.15. The molecule has 1 fully saturated rings. The van der Waals surface area contributed by atoms with Crippen molar-refractivity contribution in [2.75, 3.05) is 19.6 Å². The van der Waals surface area contributed by atoms with E-state index in [1.54, 1.807) is 0 Å². The van der Waals surface area contributed by atoms with Gasteiger partial charge in [-0.25, -0.2) is 4.98 Å². The van der Waals surface area contributed by atoms with Crippen molar-refractivity contribution in [3.63, 3.8) is 0 Å². The van der Waals surface area contributed by atoms with Gasteiger partial charge in [0.25, 0.3) is 0 Å². The van der Waals surface area contributed by atoms with Crippen LogP contribution in [0.4, 0.5) is 0 Å². The number of benzene rings is 1. The van der Waals surface area contributed by atoms with Crippen LogP contribution in [0.3, 0.4) is 0 Å². The van der Waals surface area contributed by atoms with E-state index in [1.807, 2.05) is 18.6 Å². The first kappa shape index (κ1) is 17.7. The highest BCUT2D eigenvalue weighted by molar-refractivity contribution is 5.78. The average Bonchev–Trinajstić information content (AvgIpc) is 3.23. The van der Waals surface area contributed by atoms with Gasteiger partial charge in [-0.15, -0.1) is 0 Å². The highest BCUT2D eigenvalue weighted by atomic mass is 16.2. The predicted octanol–water partition coefficient (Wildman–Crippen LogP) is 2.64. The molecule has 0 bridgehead atoms. The summed E-state index contributed by atoms with van der Waals surface area (Å²) in [5, 5.41) is 3.04. The maximum Gasteiger partial charge on any atom is 0.234 e. The Balaban J connectivity index is 1.45. The van der Waals surface area contributed by atoms with Crippen molar-refractivity contribution in [1.82, 2.24) is 19.8 Å². The summed E-state index contributed by atoms with van der Waals surface area (Å²) in [6.45, 7) is 8.25. The summed E-state index contributed by atoms with van der Waals surface area (Å²) in [7, 11) is 0. The molecule has 1 aliphatic rings. The number of amides is 1. The quantitative estimate of drug-likeness (QED) is 0.843. The van der Waals surface area contributed by atoms with Gasteiger partial charge >= 0.3 is 0 Å². The maximum absolute atomic E-state index is 12.3. The van der Waals surface area contributed by atoms with Crippen LogP contribution in [0.2, 0.25) is 0 Å². The molecule has 1 amide bonds. The van der Waals surface area contributed by atoms with Crippen molar-refractivity contribution in [1.29, 1.82) is 0 Å². The Morgan fingerprint density at radius 2 is 2.12 bits per heavy atom. The van der Waals surface area contributed by atoms with E-state index < -0.39 is 0 Å². The Hall–Kier alpha value is -2.14. The maximum atomic E-state index is 12.3. The van der Waals surface area contributed by atoms with E-state index in [2.05, 4.69) is 57.9 Å². The smallest absolute Gasteiger partial charge is 0.234 e. The molecule has 5 nitrogen and oxygen atoms in total. The van der Waals surface area contributed by atoms with Crippen LogP contribution in [0.25, 0.3) is 0 Å². The van der Waals surface area contributed by atoms with Gasteiger partial charge in [0.2, 0.25) is 5.91 Å². The third-order valence-electron chi connectivity index (χ3n) is 4.74. The lowest BCUT2D eigenvalue weighted by Gasteiger charge is -2.16. The average molecular weight is 340 g/mol. The number of rotatable bonds is 7. The molecule has 1 atom stereocenters. The number of carbonyl (C=O) groups excluding carboxylic acids is 1. The standard InChI is InChI=1S/C20H28N4O/c1-16(2)12-24-15-21-10-19(24)11-22-20(25)14-23-9-8-18(13-23)17-6-4-3-5-7-17/h3-7,10,15-16,18H,8-9,11-14H2,1-2H3,(H,22,25)/t18-/m1/s1. The minimum atomic E-state index is 0.0889. The van der Waals surface area contributed by atoms with Crippen LogP contribution in [0.5, 0.6) is 0 Å². The van der Waals surface area contributed by atoms with E-state index in [0.717, 1.165) is 31.7 Å². The van der Waals surface area contributed by atoms with Crippen LogP contribution >= 0.6 is 0 Å². The van der Waals surface area contributed by atoms with Gasteiger partial charge in [0.15, 0.2) is 0 Å². The van der Waals surface area contributed by atoms with E-state index in [0.29, 0.717) is 24.9 Å². The fourth-order valence-electron chi connectivity index (χ4n) is 3.47. The zero-order valence-electron chi connectivity index (χ0n) is 15.2.